The minimum absolute atomic E-state index is 0. The number of aryl methyl sites for hydroxylation is 3. The molecule has 4 nitrogen and oxygen atoms in total. The molecular formula is C25H27O4PPd. The van der Waals surface area contributed by atoms with Crippen LogP contribution in [-0.4, -0.2) is 11.9 Å². The molecule has 0 saturated carbocycles. The molecule has 166 valence electrons. The zero-order chi connectivity index (χ0) is 22.7. The SMILES string of the molecule is CC(=O)[O-].CC(=O)[O-].Cc1ccc(P(c2ccc(C)cc2)c2ccc(C)cc2)cc1.[Pd+2]. The van der Waals surface area contributed by atoms with Gasteiger partial charge in [-0.2, -0.15) is 0 Å². The van der Waals surface area contributed by atoms with Crippen LogP contribution < -0.4 is 26.1 Å². The quantitative estimate of drug-likeness (QED) is 0.384. The summed E-state index contributed by atoms with van der Waals surface area (Å²) in [7, 11) is -0.483. The van der Waals surface area contributed by atoms with Crippen LogP contribution >= 0.6 is 7.92 Å². The number of hydrogen-bond donors (Lipinski definition) is 0. The van der Waals surface area contributed by atoms with Crippen molar-refractivity contribution >= 4 is 35.8 Å². The number of benzene rings is 3. The predicted molar refractivity (Wildman–Crippen MR) is 121 cm³/mol. The maximum Gasteiger partial charge on any atom is 2.00 e. The molecule has 0 radical (unpaired) electrons. The Morgan fingerprint density at radius 2 is 0.710 bits per heavy atom. The van der Waals surface area contributed by atoms with E-state index >= 15 is 0 Å². The second-order valence-electron chi connectivity index (χ2n) is 6.83. The Kier molecular flexibility index (Phi) is 13.6. The minimum atomic E-state index is -1.08. The van der Waals surface area contributed by atoms with Crippen molar-refractivity contribution in [2.24, 2.45) is 0 Å². The van der Waals surface area contributed by atoms with E-state index in [4.69, 9.17) is 19.8 Å². The van der Waals surface area contributed by atoms with Crippen LogP contribution in [0.5, 0.6) is 0 Å². The molecule has 0 amide bonds. The summed E-state index contributed by atoms with van der Waals surface area (Å²) >= 11 is 0. The Morgan fingerprint density at radius 3 is 0.871 bits per heavy atom. The summed E-state index contributed by atoms with van der Waals surface area (Å²) in [5, 5.41) is 22.0. The zero-order valence-corrected chi connectivity index (χ0v) is 20.8. The van der Waals surface area contributed by atoms with E-state index in [2.05, 4.69) is 93.6 Å². The van der Waals surface area contributed by atoms with Gasteiger partial charge in [0.1, 0.15) is 0 Å². The minimum Gasteiger partial charge on any atom is -0.550 e. The molecule has 3 aromatic carbocycles. The van der Waals surface area contributed by atoms with Crippen molar-refractivity contribution in [3.63, 3.8) is 0 Å². The summed E-state index contributed by atoms with van der Waals surface area (Å²) in [6.45, 7) is 8.37. The standard InChI is InChI=1S/C21H21P.2C2H4O2.Pd/c1-16-4-10-19(11-5-16)22(20-12-6-17(2)7-13-20)21-14-8-18(3)9-15-21;2*1-2(3)4;/h4-15H,1-3H3;2*1H3,(H,3,4);/q;;;+2/p-2. The fourth-order valence-electron chi connectivity index (χ4n) is 2.53. The molecule has 0 aliphatic carbocycles. The molecule has 6 heteroatoms. The molecular weight excluding hydrogens is 502 g/mol. The van der Waals surface area contributed by atoms with Crippen molar-refractivity contribution in [1.82, 2.24) is 0 Å². The first-order valence-electron chi connectivity index (χ1n) is 9.45. The third-order valence-electron chi connectivity index (χ3n) is 3.88. The van der Waals surface area contributed by atoms with Crippen LogP contribution in [0.1, 0.15) is 30.5 Å². The first kappa shape index (κ1) is 28.7. The monoisotopic (exact) mass is 528 g/mol. The first-order chi connectivity index (χ1) is 14.1. The Hall–Kier alpha value is -2.31. The third kappa shape index (κ3) is 11.6. The molecule has 3 rings (SSSR count). The smallest absolute Gasteiger partial charge is 0.550 e. The summed E-state index contributed by atoms with van der Waals surface area (Å²) < 4.78 is 0. The number of carboxylic acid groups (broad SMARTS) is 2. The van der Waals surface area contributed by atoms with Crippen molar-refractivity contribution in [3.8, 4) is 0 Å². The molecule has 0 heterocycles. The molecule has 0 aliphatic heterocycles. The van der Waals surface area contributed by atoms with Gasteiger partial charge in [0.15, 0.2) is 0 Å². The van der Waals surface area contributed by atoms with E-state index in [1.165, 1.54) is 32.6 Å². The second-order valence-corrected chi connectivity index (χ2v) is 9.05. The number of rotatable bonds is 3. The van der Waals surface area contributed by atoms with Crippen molar-refractivity contribution in [3.05, 3.63) is 89.5 Å². The average Bonchev–Trinajstić information content (AvgIpc) is 2.66. The van der Waals surface area contributed by atoms with Gasteiger partial charge in [-0.15, -0.1) is 0 Å². The van der Waals surface area contributed by atoms with E-state index in [0.717, 1.165) is 13.8 Å². The average molecular weight is 529 g/mol. The van der Waals surface area contributed by atoms with Crippen molar-refractivity contribution in [2.45, 2.75) is 34.6 Å². The van der Waals surface area contributed by atoms with Crippen LogP contribution in [0.4, 0.5) is 0 Å². The Bertz CT molecular complexity index is 809. The van der Waals surface area contributed by atoms with E-state index in [0.29, 0.717) is 0 Å². The number of carboxylic acids is 2. The molecule has 0 N–H and O–H groups in total. The van der Waals surface area contributed by atoms with Gasteiger partial charge < -0.3 is 19.8 Å². The normalized spacial score (nSPS) is 9.35. The Labute approximate surface area is 199 Å². The van der Waals surface area contributed by atoms with Crippen LogP contribution in [0.3, 0.4) is 0 Å². The number of hydrogen-bond acceptors (Lipinski definition) is 4. The molecule has 0 aromatic heterocycles. The van der Waals surface area contributed by atoms with Gasteiger partial charge in [0.2, 0.25) is 0 Å². The fourth-order valence-corrected chi connectivity index (χ4v) is 4.76. The van der Waals surface area contributed by atoms with Crippen molar-refractivity contribution < 1.29 is 40.2 Å². The molecule has 31 heavy (non-hydrogen) atoms. The summed E-state index contributed by atoms with van der Waals surface area (Å²) in [4.78, 5) is 17.8. The summed E-state index contributed by atoms with van der Waals surface area (Å²) in [5.74, 6) is -2.17. The Morgan fingerprint density at radius 1 is 0.548 bits per heavy atom. The molecule has 0 aliphatic rings. The van der Waals surface area contributed by atoms with Gasteiger partial charge in [0.25, 0.3) is 0 Å². The van der Waals surface area contributed by atoms with Crippen LogP contribution in [-0.2, 0) is 30.0 Å². The van der Waals surface area contributed by atoms with E-state index in [9.17, 15) is 0 Å². The van der Waals surface area contributed by atoms with Crippen LogP contribution in [0.2, 0.25) is 0 Å². The van der Waals surface area contributed by atoms with Crippen LogP contribution in [0.15, 0.2) is 72.8 Å². The van der Waals surface area contributed by atoms with Gasteiger partial charge in [0.05, 0.1) is 0 Å². The molecule has 0 unspecified atom stereocenters. The maximum absolute atomic E-state index is 8.89. The van der Waals surface area contributed by atoms with Crippen molar-refractivity contribution in [2.75, 3.05) is 0 Å². The Balaban J connectivity index is 0.000000867. The second kappa shape index (κ2) is 14.7. The molecule has 0 saturated heterocycles. The van der Waals surface area contributed by atoms with Crippen molar-refractivity contribution in [1.29, 1.82) is 0 Å². The van der Waals surface area contributed by atoms with Crippen LogP contribution in [0, 0.1) is 20.8 Å². The predicted octanol–water partition coefficient (Wildman–Crippen LogP) is 1.88. The van der Waals surface area contributed by atoms with E-state index in [1.807, 2.05) is 0 Å². The first-order valence-corrected chi connectivity index (χ1v) is 10.8. The summed E-state index contributed by atoms with van der Waals surface area (Å²) in [6, 6.07) is 27.0. The summed E-state index contributed by atoms with van der Waals surface area (Å²) in [5.41, 5.74) is 3.93. The van der Waals surface area contributed by atoms with Gasteiger partial charge in [-0.05, 0) is 58.5 Å². The van der Waals surface area contributed by atoms with Gasteiger partial charge in [-0.25, -0.2) is 0 Å². The molecule has 0 spiro atoms. The van der Waals surface area contributed by atoms with Crippen LogP contribution in [0.25, 0.3) is 0 Å². The van der Waals surface area contributed by atoms with E-state index in [1.54, 1.807) is 0 Å². The molecule has 0 fully saturated rings. The van der Waals surface area contributed by atoms with Gasteiger partial charge in [-0.3, -0.25) is 0 Å². The van der Waals surface area contributed by atoms with E-state index in [-0.39, 0.29) is 20.4 Å². The molecule has 3 aromatic rings. The molecule has 0 bridgehead atoms. The topological polar surface area (TPSA) is 80.3 Å². The summed E-state index contributed by atoms with van der Waals surface area (Å²) in [6.07, 6.45) is 0. The maximum atomic E-state index is 8.89. The zero-order valence-electron chi connectivity index (χ0n) is 18.3. The number of carbonyl (C=O) groups is 2. The van der Waals surface area contributed by atoms with Gasteiger partial charge in [0, 0.05) is 11.9 Å². The molecule has 0 atom stereocenters. The largest absolute Gasteiger partial charge is 2.00 e. The van der Waals surface area contributed by atoms with Gasteiger partial charge >= 0.3 is 20.4 Å². The van der Waals surface area contributed by atoms with Gasteiger partial charge in [-0.1, -0.05) is 89.5 Å². The number of carbonyl (C=O) groups excluding carboxylic acids is 2. The fraction of sp³-hybridized carbons (Fsp3) is 0.200. The third-order valence-corrected chi connectivity index (χ3v) is 6.32. The van der Waals surface area contributed by atoms with E-state index < -0.39 is 19.9 Å². The number of aliphatic carboxylic acids is 2.